The smallest absolute Gasteiger partial charge is 0.252 e. The van der Waals surface area contributed by atoms with Crippen molar-refractivity contribution < 1.29 is 19.1 Å². The molecule has 9 nitrogen and oxygen atoms in total. The Hall–Kier alpha value is -3.53. The zero-order valence-corrected chi connectivity index (χ0v) is 20.1. The van der Waals surface area contributed by atoms with Gasteiger partial charge in [-0.25, -0.2) is 0 Å². The van der Waals surface area contributed by atoms with E-state index >= 15 is 0 Å². The topological polar surface area (TPSA) is 107 Å². The summed E-state index contributed by atoms with van der Waals surface area (Å²) in [4.78, 5) is 25.2. The number of amides is 2. The van der Waals surface area contributed by atoms with Crippen LogP contribution in [0.4, 0.5) is 0 Å². The van der Waals surface area contributed by atoms with E-state index in [0.717, 1.165) is 5.56 Å². The molecule has 2 amide bonds. The Morgan fingerprint density at radius 3 is 2.62 bits per heavy atom. The molecule has 178 valence electrons. The molecule has 34 heavy (non-hydrogen) atoms. The summed E-state index contributed by atoms with van der Waals surface area (Å²) in [5.74, 6) is 1.75. The summed E-state index contributed by atoms with van der Waals surface area (Å²) in [6.07, 6.45) is 0. The van der Waals surface area contributed by atoms with Gasteiger partial charge in [-0.3, -0.25) is 9.59 Å². The van der Waals surface area contributed by atoms with Gasteiger partial charge in [0.2, 0.25) is 12.7 Å². The Morgan fingerprint density at radius 1 is 1.09 bits per heavy atom. The van der Waals surface area contributed by atoms with E-state index in [1.165, 1.54) is 11.8 Å². The first-order valence-electron chi connectivity index (χ1n) is 11.0. The maximum absolute atomic E-state index is 12.9. The van der Waals surface area contributed by atoms with Crippen LogP contribution in [-0.4, -0.2) is 39.1 Å². The van der Waals surface area contributed by atoms with Crippen LogP contribution in [0.2, 0.25) is 0 Å². The van der Waals surface area contributed by atoms with Crippen LogP contribution in [0.3, 0.4) is 0 Å². The summed E-state index contributed by atoms with van der Waals surface area (Å²) in [5, 5.41) is 15.1. The van der Waals surface area contributed by atoms with Crippen LogP contribution in [-0.2, 0) is 18.4 Å². The Morgan fingerprint density at radius 2 is 1.85 bits per heavy atom. The Balaban J connectivity index is 1.37. The van der Waals surface area contributed by atoms with Gasteiger partial charge in [0.25, 0.3) is 5.91 Å². The largest absolute Gasteiger partial charge is 0.454 e. The normalized spacial score (nSPS) is 13.1. The number of ether oxygens (including phenoxy) is 2. The predicted octanol–water partition coefficient (Wildman–Crippen LogP) is 3.08. The minimum atomic E-state index is -0.364. The van der Waals surface area contributed by atoms with E-state index in [1.807, 2.05) is 55.8 Å². The van der Waals surface area contributed by atoms with Crippen LogP contribution in [0.15, 0.2) is 53.7 Å². The first-order valence-corrected chi connectivity index (χ1v) is 11.9. The summed E-state index contributed by atoms with van der Waals surface area (Å²) >= 11 is 1.30. The summed E-state index contributed by atoms with van der Waals surface area (Å²) in [7, 11) is 1.83. The van der Waals surface area contributed by atoms with Gasteiger partial charge in [0.1, 0.15) is 0 Å². The average Bonchev–Trinajstić information content (AvgIpc) is 3.46. The van der Waals surface area contributed by atoms with Crippen molar-refractivity contribution in [3.8, 4) is 11.5 Å². The fourth-order valence-corrected chi connectivity index (χ4v) is 4.24. The van der Waals surface area contributed by atoms with Gasteiger partial charge in [-0.2, -0.15) is 0 Å². The number of hydrogen-bond donors (Lipinski definition) is 2. The van der Waals surface area contributed by atoms with Crippen molar-refractivity contribution >= 4 is 23.6 Å². The molecule has 0 bridgehead atoms. The van der Waals surface area contributed by atoms with Crippen LogP contribution >= 0.6 is 11.8 Å². The third-order valence-corrected chi connectivity index (χ3v) is 6.42. The third kappa shape index (κ3) is 5.51. The number of benzene rings is 2. The van der Waals surface area contributed by atoms with Crippen molar-refractivity contribution in [2.45, 2.75) is 31.6 Å². The Labute approximate surface area is 202 Å². The van der Waals surface area contributed by atoms with Crippen molar-refractivity contribution in [2.75, 3.05) is 12.5 Å². The summed E-state index contributed by atoms with van der Waals surface area (Å²) in [5.41, 5.74) is 1.52. The van der Waals surface area contributed by atoms with Crippen molar-refractivity contribution in [1.29, 1.82) is 0 Å². The Kier molecular flexibility index (Phi) is 7.36. The highest BCUT2D eigenvalue weighted by Gasteiger charge is 2.26. The predicted molar refractivity (Wildman–Crippen MR) is 128 cm³/mol. The number of carbonyl (C=O) groups excluding carboxylic acids is 2. The first kappa shape index (κ1) is 23.6. The number of fused-ring (bicyclic) bond motifs is 1. The molecule has 3 aromatic rings. The van der Waals surface area contributed by atoms with Crippen molar-refractivity contribution in [3.05, 3.63) is 65.5 Å². The van der Waals surface area contributed by atoms with Gasteiger partial charge in [0.15, 0.2) is 22.5 Å². The molecule has 2 aromatic carbocycles. The van der Waals surface area contributed by atoms with Crippen LogP contribution in [0.1, 0.15) is 41.6 Å². The summed E-state index contributed by atoms with van der Waals surface area (Å²) in [6.45, 7) is 4.64. The number of thioether (sulfide) groups is 1. The molecule has 4 rings (SSSR count). The summed E-state index contributed by atoms with van der Waals surface area (Å²) < 4.78 is 12.5. The minimum Gasteiger partial charge on any atom is -0.454 e. The fourth-order valence-electron chi connectivity index (χ4n) is 3.49. The number of carbonyl (C=O) groups is 2. The molecule has 1 aromatic heterocycles. The second-order valence-corrected chi connectivity index (χ2v) is 9.16. The molecule has 1 aliphatic heterocycles. The van der Waals surface area contributed by atoms with Gasteiger partial charge >= 0.3 is 0 Å². The van der Waals surface area contributed by atoms with E-state index < -0.39 is 0 Å². The lowest BCUT2D eigenvalue weighted by molar-refractivity contribution is -0.118. The minimum absolute atomic E-state index is 0.0629. The monoisotopic (exact) mass is 481 g/mol. The zero-order chi connectivity index (χ0) is 24.1. The molecule has 0 unspecified atom stereocenters. The summed E-state index contributed by atoms with van der Waals surface area (Å²) in [6, 6.07) is 14.5. The lowest BCUT2D eigenvalue weighted by atomic mass is 10.0. The molecule has 1 atom stereocenters. The van der Waals surface area contributed by atoms with E-state index in [2.05, 4.69) is 20.8 Å². The fraction of sp³-hybridized carbons (Fsp3) is 0.333. The quantitative estimate of drug-likeness (QED) is 0.452. The molecule has 0 saturated carbocycles. The number of rotatable bonds is 9. The van der Waals surface area contributed by atoms with E-state index in [1.54, 1.807) is 18.2 Å². The molecule has 0 fully saturated rings. The van der Waals surface area contributed by atoms with Crippen LogP contribution in [0.25, 0.3) is 0 Å². The van der Waals surface area contributed by atoms with Crippen LogP contribution < -0.4 is 20.1 Å². The van der Waals surface area contributed by atoms with Crippen molar-refractivity contribution in [3.63, 3.8) is 0 Å². The lowest BCUT2D eigenvalue weighted by Crippen LogP contribution is -2.33. The SMILES string of the molecule is CC(C)[C@@H](NC(=O)c1ccc2c(c1)OCO2)c1nnc(SCC(=O)NCc2ccccc2)n1C. The standard InChI is InChI=1S/C24H27N5O4S/c1-15(2)21(26-23(31)17-9-10-18-19(11-17)33-14-32-18)22-27-28-24(29(22)3)34-13-20(30)25-12-16-7-5-4-6-8-16/h4-11,15,21H,12-14H2,1-3H3,(H,25,30)(H,26,31)/t21-/m1/s1. The van der Waals surface area contributed by atoms with E-state index in [-0.39, 0.29) is 36.3 Å². The number of aromatic nitrogens is 3. The van der Waals surface area contributed by atoms with Crippen LogP contribution in [0.5, 0.6) is 11.5 Å². The maximum Gasteiger partial charge on any atom is 0.252 e. The van der Waals surface area contributed by atoms with Crippen molar-refractivity contribution in [2.24, 2.45) is 13.0 Å². The molecular weight excluding hydrogens is 454 g/mol. The van der Waals surface area contributed by atoms with E-state index in [0.29, 0.717) is 34.6 Å². The molecule has 1 aliphatic rings. The van der Waals surface area contributed by atoms with Gasteiger partial charge in [0.05, 0.1) is 11.8 Å². The average molecular weight is 482 g/mol. The molecule has 2 N–H and O–H groups in total. The van der Waals surface area contributed by atoms with Gasteiger partial charge in [-0.15, -0.1) is 10.2 Å². The zero-order valence-electron chi connectivity index (χ0n) is 19.3. The first-order chi connectivity index (χ1) is 16.4. The number of hydrogen-bond acceptors (Lipinski definition) is 7. The molecule has 0 radical (unpaired) electrons. The van der Waals surface area contributed by atoms with E-state index in [9.17, 15) is 9.59 Å². The second-order valence-electron chi connectivity index (χ2n) is 8.21. The van der Waals surface area contributed by atoms with E-state index in [4.69, 9.17) is 9.47 Å². The van der Waals surface area contributed by atoms with Gasteiger partial charge in [0, 0.05) is 19.2 Å². The number of nitrogens with one attached hydrogen (secondary N) is 2. The maximum atomic E-state index is 12.9. The highest BCUT2D eigenvalue weighted by molar-refractivity contribution is 7.99. The molecule has 0 spiro atoms. The Bertz CT molecular complexity index is 1170. The highest BCUT2D eigenvalue weighted by atomic mass is 32.2. The molecule has 10 heteroatoms. The molecule has 0 saturated heterocycles. The molecule has 2 heterocycles. The van der Waals surface area contributed by atoms with Crippen molar-refractivity contribution in [1.82, 2.24) is 25.4 Å². The highest BCUT2D eigenvalue weighted by Crippen LogP contribution is 2.33. The molecule has 0 aliphatic carbocycles. The van der Waals surface area contributed by atoms with Crippen LogP contribution in [0, 0.1) is 5.92 Å². The number of nitrogens with zero attached hydrogens (tertiary/aromatic N) is 3. The lowest BCUT2D eigenvalue weighted by Gasteiger charge is -2.21. The molecular formula is C24H27N5O4S. The van der Waals surface area contributed by atoms with Gasteiger partial charge in [-0.05, 0) is 29.7 Å². The van der Waals surface area contributed by atoms with Gasteiger partial charge < -0.3 is 24.7 Å². The second kappa shape index (κ2) is 10.6. The third-order valence-electron chi connectivity index (χ3n) is 5.40. The van der Waals surface area contributed by atoms with Gasteiger partial charge in [-0.1, -0.05) is 55.9 Å².